The maximum absolute atomic E-state index is 12.7. The average molecular weight is 292 g/mol. The Kier molecular flexibility index (Phi) is 6.21. The predicted molar refractivity (Wildman–Crippen MR) is 83.0 cm³/mol. The van der Waals surface area contributed by atoms with Crippen LogP contribution < -0.4 is 5.73 Å². The van der Waals surface area contributed by atoms with Gasteiger partial charge in [-0.15, -0.1) is 0 Å². The molecular formula is C16H24N2O3. The van der Waals surface area contributed by atoms with Crippen molar-refractivity contribution in [1.29, 1.82) is 0 Å². The van der Waals surface area contributed by atoms with Crippen LogP contribution in [0.15, 0.2) is 18.2 Å². The van der Waals surface area contributed by atoms with Crippen LogP contribution >= 0.6 is 0 Å². The van der Waals surface area contributed by atoms with E-state index in [1.165, 1.54) is 4.90 Å². The third-order valence-electron chi connectivity index (χ3n) is 2.99. The fourth-order valence-corrected chi connectivity index (χ4v) is 2.06. The van der Waals surface area contributed by atoms with E-state index in [0.717, 1.165) is 5.56 Å². The van der Waals surface area contributed by atoms with Gasteiger partial charge in [0.1, 0.15) is 6.54 Å². The molecule has 0 aliphatic carbocycles. The molecule has 116 valence electrons. The van der Waals surface area contributed by atoms with Gasteiger partial charge in [-0.3, -0.25) is 9.59 Å². The number of hydrogen-bond donors (Lipinski definition) is 1. The number of ether oxygens (including phenoxy) is 1. The molecule has 0 aliphatic rings. The number of nitrogen functional groups attached to an aromatic ring is 1. The highest BCUT2D eigenvalue weighted by Crippen LogP contribution is 2.16. The molecule has 0 fully saturated rings. The lowest BCUT2D eigenvalue weighted by molar-refractivity contribution is -0.143. The van der Waals surface area contributed by atoms with Crippen LogP contribution in [0.5, 0.6) is 0 Å². The maximum Gasteiger partial charge on any atom is 0.325 e. The average Bonchev–Trinajstić information content (AvgIpc) is 2.39. The van der Waals surface area contributed by atoms with Crippen LogP contribution in [0.2, 0.25) is 0 Å². The van der Waals surface area contributed by atoms with E-state index in [0.29, 0.717) is 24.4 Å². The molecule has 0 aliphatic heterocycles. The normalized spacial score (nSPS) is 10.5. The standard InChI is InChI=1S/C16H24N2O3/c1-5-21-15(19)10-18(9-11(2)3)16(20)14-8-13(17)7-6-12(14)4/h6-8,11H,5,9-10,17H2,1-4H3. The minimum atomic E-state index is -0.395. The third-order valence-corrected chi connectivity index (χ3v) is 2.99. The molecule has 1 rings (SSSR count). The molecule has 5 heteroatoms. The molecule has 1 amide bonds. The summed E-state index contributed by atoms with van der Waals surface area (Å²) in [5.74, 6) is -0.334. The summed E-state index contributed by atoms with van der Waals surface area (Å²) in [4.78, 5) is 25.9. The summed E-state index contributed by atoms with van der Waals surface area (Å²) >= 11 is 0. The zero-order valence-corrected chi connectivity index (χ0v) is 13.2. The number of nitrogens with zero attached hydrogens (tertiary/aromatic N) is 1. The molecule has 0 spiro atoms. The van der Waals surface area contributed by atoms with Crippen molar-refractivity contribution in [2.24, 2.45) is 5.92 Å². The van der Waals surface area contributed by atoms with E-state index in [2.05, 4.69) is 0 Å². The van der Waals surface area contributed by atoms with Gasteiger partial charge in [0.15, 0.2) is 0 Å². The van der Waals surface area contributed by atoms with Gasteiger partial charge in [-0.25, -0.2) is 0 Å². The second-order valence-electron chi connectivity index (χ2n) is 5.46. The SMILES string of the molecule is CCOC(=O)CN(CC(C)C)C(=O)c1cc(N)ccc1C. The summed E-state index contributed by atoms with van der Waals surface area (Å²) in [5, 5.41) is 0. The van der Waals surface area contributed by atoms with Gasteiger partial charge in [0, 0.05) is 17.8 Å². The molecule has 0 radical (unpaired) electrons. The molecule has 0 atom stereocenters. The van der Waals surface area contributed by atoms with Crippen LogP contribution in [-0.2, 0) is 9.53 Å². The molecule has 0 aromatic heterocycles. The number of aryl methyl sites for hydroxylation is 1. The van der Waals surface area contributed by atoms with Crippen LogP contribution in [0, 0.1) is 12.8 Å². The predicted octanol–water partition coefficient (Wildman–Crippen LogP) is 2.24. The molecule has 2 N–H and O–H groups in total. The van der Waals surface area contributed by atoms with E-state index < -0.39 is 5.97 Å². The van der Waals surface area contributed by atoms with Crippen molar-refractivity contribution in [3.05, 3.63) is 29.3 Å². The van der Waals surface area contributed by atoms with Crippen LogP contribution in [0.3, 0.4) is 0 Å². The Morgan fingerprint density at radius 2 is 2.00 bits per heavy atom. The number of anilines is 1. The molecule has 1 aromatic rings. The van der Waals surface area contributed by atoms with Crippen molar-refractivity contribution < 1.29 is 14.3 Å². The van der Waals surface area contributed by atoms with Gasteiger partial charge in [-0.2, -0.15) is 0 Å². The third kappa shape index (κ3) is 5.10. The second-order valence-corrected chi connectivity index (χ2v) is 5.46. The largest absolute Gasteiger partial charge is 0.465 e. The number of benzene rings is 1. The number of hydrogen-bond acceptors (Lipinski definition) is 4. The van der Waals surface area contributed by atoms with Crippen molar-refractivity contribution in [3.63, 3.8) is 0 Å². The van der Waals surface area contributed by atoms with Crippen LogP contribution in [0.4, 0.5) is 5.69 Å². The zero-order valence-electron chi connectivity index (χ0n) is 13.2. The summed E-state index contributed by atoms with van der Waals surface area (Å²) in [6, 6.07) is 5.21. The molecule has 1 aromatic carbocycles. The molecule has 21 heavy (non-hydrogen) atoms. The van der Waals surface area contributed by atoms with Crippen molar-refractivity contribution >= 4 is 17.6 Å². The number of esters is 1. The zero-order chi connectivity index (χ0) is 16.0. The van der Waals surface area contributed by atoms with E-state index in [9.17, 15) is 9.59 Å². The molecule has 0 bridgehead atoms. The highest BCUT2D eigenvalue weighted by molar-refractivity contribution is 5.98. The Hall–Kier alpha value is -2.04. The van der Waals surface area contributed by atoms with Gasteiger partial charge in [-0.1, -0.05) is 19.9 Å². The first-order chi connectivity index (χ1) is 9.85. The Labute approximate surface area is 126 Å². The van der Waals surface area contributed by atoms with Crippen molar-refractivity contribution in [1.82, 2.24) is 4.90 Å². The van der Waals surface area contributed by atoms with E-state index in [-0.39, 0.29) is 18.4 Å². The van der Waals surface area contributed by atoms with Gasteiger partial charge >= 0.3 is 5.97 Å². The fourth-order valence-electron chi connectivity index (χ4n) is 2.06. The number of carbonyl (C=O) groups is 2. The van der Waals surface area contributed by atoms with Gasteiger partial charge in [0.25, 0.3) is 5.91 Å². The monoisotopic (exact) mass is 292 g/mol. The van der Waals surface area contributed by atoms with Gasteiger partial charge in [0.2, 0.25) is 0 Å². The highest BCUT2D eigenvalue weighted by Gasteiger charge is 2.21. The van der Waals surface area contributed by atoms with E-state index in [4.69, 9.17) is 10.5 Å². The molecule has 0 saturated carbocycles. The second kappa shape index (κ2) is 7.67. The Bertz CT molecular complexity index is 512. The number of amides is 1. The minimum absolute atomic E-state index is 0.0426. The van der Waals surface area contributed by atoms with Crippen molar-refractivity contribution in [2.45, 2.75) is 27.7 Å². The molecular weight excluding hydrogens is 268 g/mol. The Morgan fingerprint density at radius 3 is 2.57 bits per heavy atom. The van der Waals surface area contributed by atoms with Crippen LogP contribution in [-0.4, -0.2) is 36.5 Å². The van der Waals surface area contributed by atoms with E-state index >= 15 is 0 Å². The number of nitrogens with two attached hydrogens (primary N) is 1. The number of carbonyl (C=O) groups excluding carboxylic acids is 2. The smallest absolute Gasteiger partial charge is 0.325 e. The van der Waals surface area contributed by atoms with E-state index in [1.54, 1.807) is 25.1 Å². The van der Waals surface area contributed by atoms with Crippen molar-refractivity contribution in [2.75, 3.05) is 25.4 Å². The summed E-state index contributed by atoms with van der Waals surface area (Å²) in [5.41, 5.74) is 7.65. The molecule has 0 heterocycles. The first-order valence-corrected chi connectivity index (χ1v) is 7.16. The van der Waals surface area contributed by atoms with Gasteiger partial charge in [0.05, 0.1) is 6.61 Å². The lowest BCUT2D eigenvalue weighted by atomic mass is 10.1. The summed E-state index contributed by atoms with van der Waals surface area (Å²) in [6.45, 7) is 8.35. The van der Waals surface area contributed by atoms with Gasteiger partial charge < -0.3 is 15.4 Å². The molecule has 0 saturated heterocycles. The minimum Gasteiger partial charge on any atom is -0.465 e. The van der Waals surface area contributed by atoms with Crippen LogP contribution in [0.25, 0.3) is 0 Å². The lowest BCUT2D eigenvalue weighted by Gasteiger charge is -2.24. The molecule has 0 unspecified atom stereocenters. The van der Waals surface area contributed by atoms with Crippen LogP contribution in [0.1, 0.15) is 36.7 Å². The summed E-state index contributed by atoms with van der Waals surface area (Å²) < 4.78 is 4.94. The van der Waals surface area contributed by atoms with E-state index in [1.807, 2.05) is 20.8 Å². The fraction of sp³-hybridized carbons (Fsp3) is 0.500. The Balaban J connectivity index is 2.98. The number of rotatable bonds is 6. The Morgan fingerprint density at radius 1 is 1.33 bits per heavy atom. The van der Waals surface area contributed by atoms with Crippen molar-refractivity contribution in [3.8, 4) is 0 Å². The van der Waals surface area contributed by atoms with Gasteiger partial charge in [-0.05, 0) is 37.5 Å². The summed E-state index contributed by atoms with van der Waals surface area (Å²) in [7, 11) is 0. The highest BCUT2D eigenvalue weighted by atomic mass is 16.5. The molecule has 5 nitrogen and oxygen atoms in total. The first-order valence-electron chi connectivity index (χ1n) is 7.16. The lowest BCUT2D eigenvalue weighted by Crippen LogP contribution is -2.39. The summed E-state index contributed by atoms with van der Waals surface area (Å²) in [6.07, 6.45) is 0. The quantitative estimate of drug-likeness (QED) is 0.644. The maximum atomic E-state index is 12.7. The first kappa shape index (κ1) is 17.0. The topological polar surface area (TPSA) is 72.6 Å².